The first-order valence-electron chi connectivity index (χ1n) is 6.26. The summed E-state index contributed by atoms with van der Waals surface area (Å²) < 4.78 is 0. The Hall–Kier alpha value is -1.01. The number of terminal acetylenes is 1. The first kappa shape index (κ1) is 16.0. The molecule has 1 amide bonds. The van der Waals surface area contributed by atoms with Crippen LogP contribution in [0.2, 0.25) is 0 Å². The van der Waals surface area contributed by atoms with Crippen molar-refractivity contribution in [1.82, 2.24) is 5.32 Å². The van der Waals surface area contributed by atoms with Gasteiger partial charge in [0.05, 0.1) is 6.04 Å². The number of hydrogen-bond donors (Lipinski definition) is 2. The average molecular weight is 238 g/mol. The predicted molar refractivity (Wildman–Crippen MR) is 72.3 cm³/mol. The van der Waals surface area contributed by atoms with E-state index < -0.39 is 0 Å². The lowest BCUT2D eigenvalue weighted by Gasteiger charge is -2.30. The maximum atomic E-state index is 11.6. The molecule has 0 aliphatic rings. The molecule has 0 aromatic heterocycles. The highest BCUT2D eigenvalue weighted by Gasteiger charge is 2.24. The molecule has 0 saturated carbocycles. The maximum absolute atomic E-state index is 11.6. The summed E-state index contributed by atoms with van der Waals surface area (Å²) in [6, 6.07) is -0.190. The Kier molecular flexibility index (Phi) is 6.91. The predicted octanol–water partition coefficient (Wildman–Crippen LogP) is 1.92. The van der Waals surface area contributed by atoms with Crippen LogP contribution < -0.4 is 11.1 Å². The van der Waals surface area contributed by atoms with E-state index in [9.17, 15) is 4.79 Å². The van der Waals surface area contributed by atoms with Gasteiger partial charge in [-0.1, -0.05) is 26.7 Å². The van der Waals surface area contributed by atoms with Gasteiger partial charge in [0, 0.05) is 6.42 Å². The molecule has 0 spiro atoms. The second kappa shape index (κ2) is 7.34. The molecule has 98 valence electrons. The Morgan fingerprint density at radius 3 is 2.41 bits per heavy atom. The van der Waals surface area contributed by atoms with Crippen LogP contribution in [0.15, 0.2) is 0 Å². The molecule has 0 heterocycles. The summed E-state index contributed by atoms with van der Waals surface area (Å²) in [6.45, 7) is 9.04. The SMILES string of the molecule is C#CC(C)NC(=O)CCC(CCN)C(C)(C)C. The van der Waals surface area contributed by atoms with Crippen LogP contribution in [0.1, 0.15) is 47.0 Å². The third kappa shape index (κ3) is 7.01. The van der Waals surface area contributed by atoms with Gasteiger partial charge in [0.15, 0.2) is 0 Å². The van der Waals surface area contributed by atoms with E-state index in [1.54, 1.807) is 6.92 Å². The molecule has 0 radical (unpaired) electrons. The van der Waals surface area contributed by atoms with E-state index in [1.165, 1.54) is 0 Å². The third-order valence-electron chi connectivity index (χ3n) is 3.09. The van der Waals surface area contributed by atoms with Crippen LogP contribution in [0, 0.1) is 23.7 Å². The quantitative estimate of drug-likeness (QED) is 0.695. The van der Waals surface area contributed by atoms with Crippen molar-refractivity contribution < 1.29 is 4.79 Å². The van der Waals surface area contributed by atoms with Crippen LogP contribution in [-0.4, -0.2) is 18.5 Å². The zero-order chi connectivity index (χ0) is 13.5. The molecule has 0 aliphatic carbocycles. The van der Waals surface area contributed by atoms with Gasteiger partial charge in [-0.05, 0) is 37.6 Å². The molecule has 0 bridgehead atoms. The molecule has 17 heavy (non-hydrogen) atoms. The number of carbonyl (C=O) groups excluding carboxylic acids is 1. The zero-order valence-corrected chi connectivity index (χ0v) is 11.5. The largest absolute Gasteiger partial charge is 0.343 e. The Morgan fingerprint density at radius 1 is 1.41 bits per heavy atom. The number of nitrogens with one attached hydrogen (secondary N) is 1. The fourth-order valence-electron chi connectivity index (χ4n) is 1.87. The molecule has 0 saturated heterocycles. The first-order chi connectivity index (χ1) is 7.81. The monoisotopic (exact) mass is 238 g/mol. The molecule has 0 aromatic carbocycles. The van der Waals surface area contributed by atoms with Gasteiger partial charge in [0.1, 0.15) is 0 Å². The van der Waals surface area contributed by atoms with Gasteiger partial charge in [0.2, 0.25) is 5.91 Å². The Morgan fingerprint density at radius 2 is 2.00 bits per heavy atom. The topological polar surface area (TPSA) is 55.1 Å². The highest BCUT2D eigenvalue weighted by Crippen LogP contribution is 2.31. The number of carbonyl (C=O) groups is 1. The van der Waals surface area contributed by atoms with E-state index in [0.29, 0.717) is 18.9 Å². The van der Waals surface area contributed by atoms with E-state index in [4.69, 9.17) is 12.2 Å². The minimum atomic E-state index is -0.190. The first-order valence-corrected chi connectivity index (χ1v) is 6.26. The fourth-order valence-corrected chi connectivity index (χ4v) is 1.87. The molecule has 0 fully saturated rings. The highest BCUT2D eigenvalue weighted by molar-refractivity contribution is 5.76. The van der Waals surface area contributed by atoms with Crippen molar-refractivity contribution >= 4 is 5.91 Å². The number of amides is 1. The number of rotatable bonds is 6. The van der Waals surface area contributed by atoms with Crippen molar-refractivity contribution in [3.8, 4) is 12.3 Å². The van der Waals surface area contributed by atoms with Gasteiger partial charge < -0.3 is 11.1 Å². The molecule has 3 nitrogen and oxygen atoms in total. The minimum Gasteiger partial charge on any atom is -0.343 e. The molecule has 2 unspecified atom stereocenters. The van der Waals surface area contributed by atoms with Gasteiger partial charge in [-0.25, -0.2) is 0 Å². The summed E-state index contributed by atoms with van der Waals surface area (Å²) in [6.07, 6.45) is 7.56. The molecular formula is C14H26N2O. The van der Waals surface area contributed by atoms with Crippen LogP contribution in [0.3, 0.4) is 0 Å². The highest BCUT2D eigenvalue weighted by atomic mass is 16.1. The summed E-state index contributed by atoms with van der Waals surface area (Å²) in [5.41, 5.74) is 5.80. The maximum Gasteiger partial charge on any atom is 0.220 e. The van der Waals surface area contributed by atoms with E-state index >= 15 is 0 Å². The van der Waals surface area contributed by atoms with Crippen LogP contribution in [0.25, 0.3) is 0 Å². The van der Waals surface area contributed by atoms with Crippen molar-refractivity contribution in [2.24, 2.45) is 17.1 Å². The van der Waals surface area contributed by atoms with E-state index in [-0.39, 0.29) is 17.4 Å². The zero-order valence-electron chi connectivity index (χ0n) is 11.5. The van der Waals surface area contributed by atoms with Crippen molar-refractivity contribution in [1.29, 1.82) is 0 Å². The minimum absolute atomic E-state index is 0.0294. The van der Waals surface area contributed by atoms with Crippen LogP contribution in [0.4, 0.5) is 0 Å². The molecule has 0 aliphatic heterocycles. The lowest BCUT2D eigenvalue weighted by molar-refractivity contribution is -0.121. The number of nitrogens with two attached hydrogens (primary N) is 1. The molecule has 3 heteroatoms. The van der Waals surface area contributed by atoms with Gasteiger partial charge in [-0.3, -0.25) is 4.79 Å². The lowest BCUT2D eigenvalue weighted by atomic mass is 9.76. The summed E-state index contributed by atoms with van der Waals surface area (Å²) in [5, 5.41) is 2.77. The van der Waals surface area contributed by atoms with Gasteiger partial charge >= 0.3 is 0 Å². The molecule has 2 atom stereocenters. The normalized spacial score (nSPS) is 14.8. The standard InChI is InChI=1S/C14H26N2O/c1-6-11(2)16-13(17)8-7-12(9-10-15)14(3,4)5/h1,11-12H,7-10,15H2,2-5H3,(H,16,17). The summed E-state index contributed by atoms with van der Waals surface area (Å²) in [7, 11) is 0. The van der Waals surface area contributed by atoms with E-state index in [1.807, 2.05) is 0 Å². The van der Waals surface area contributed by atoms with Gasteiger partial charge in [0.25, 0.3) is 0 Å². The summed E-state index contributed by atoms with van der Waals surface area (Å²) in [4.78, 5) is 11.6. The van der Waals surface area contributed by atoms with Crippen molar-refractivity contribution in [3.63, 3.8) is 0 Å². The summed E-state index contributed by atoms with van der Waals surface area (Å²) >= 11 is 0. The van der Waals surface area contributed by atoms with Crippen LogP contribution in [-0.2, 0) is 4.79 Å². The Bertz CT molecular complexity index is 273. The summed E-state index contributed by atoms with van der Waals surface area (Å²) in [5.74, 6) is 2.99. The molecule has 0 rings (SSSR count). The second-order valence-electron chi connectivity index (χ2n) is 5.63. The smallest absolute Gasteiger partial charge is 0.220 e. The van der Waals surface area contributed by atoms with Crippen molar-refractivity contribution in [2.75, 3.05) is 6.54 Å². The lowest BCUT2D eigenvalue weighted by Crippen LogP contribution is -2.32. The third-order valence-corrected chi connectivity index (χ3v) is 3.09. The van der Waals surface area contributed by atoms with E-state index in [0.717, 1.165) is 12.8 Å². The molecule has 3 N–H and O–H groups in total. The molecule has 0 aromatic rings. The Labute approximate surface area is 106 Å². The molecular weight excluding hydrogens is 212 g/mol. The Balaban J connectivity index is 4.14. The fraction of sp³-hybridized carbons (Fsp3) is 0.786. The van der Waals surface area contributed by atoms with E-state index in [2.05, 4.69) is 32.0 Å². The van der Waals surface area contributed by atoms with Crippen molar-refractivity contribution in [2.45, 2.75) is 53.0 Å². The average Bonchev–Trinajstić information content (AvgIpc) is 2.22. The second-order valence-corrected chi connectivity index (χ2v) is 5.63. The van der Waals surface area contributed by atoms with Gasteiger partial charge in [-0.15, -0.1) is 6.42 Å². The van der Waals surface area contributed by atoms with Gasteiger partial charge in [-0.2, -0.15) is 0 Å². The van der Waals surface area contributed by atoms with Crippen LogP contribution in [0.5, 0.6) is 0 Å². The number of hydrogen-bond acceptors (Lipinski definition) is 2. The van der Waals surface area contributed by atoms with Crippen molar-refractivity contribution in [3.05, 3.63) is 0 Å². The van der Waals surface area contributed by atoms with Crippen LogP contribution >= 0.6 is 0 Å².